The van der Waals surface area contributed by atoms with Crippen LogP contribution >= 0.6 is 0 Å². The molecule has 0 atom stereocenters. The second-order valence-electron chi connectivity index (χ2n) is 7.83. The number of sulfone groups is 1. The Morgan fingerprint density at radius 2 is 1.80 bits per heavy atom. The number of nitrogens with zero attached hydrogens (tertiary/aromatic N) is 2. The molecule has 7 nitrogen and oxygen atoms in total. The first-order valence-electron chi connectivity index (χ1n) is 8.96. The van der Waals surface area contributed by atoms with Gasteiger partial charge in [-0.05, 0) is 33.6 Å². The number of hydrogen-bond donors (Lipinski definition) is 2. The van der Waals surface area contributed by atoms with Crippen LogP contribution in [-0.4, -0.2) is 68.4 Å². The van der Waals surface area contributed by atoms with E-state index in [9.17, 15) is 13.2 Å². The van der Waals surface area contributed by atoms with Crippen LogP contribution in [0.4, 0.5) is 0 Å². The highest BCUT2D eigenvalue weighted by atomic mass is 32.2. The van der Waals surface area contributed by atoms with Gasteiger partial charge in [-0.25, -0.2) is 8.42 Å². The first kappa shape index (κ1) is 21.7. The molecule has 0 bridgehead atoms. The van der Waals surface area contributed by atoms with Crippen molar-refractivity contribution < 1.29 is 13.2 Å². The molecule has 0 saturated carbocycles. The number of carbonyl (C=O) groups excluding carboxylic acids is 1. The lowest BCUT2D eigenvalue weighted by molar-refractivity contribution is -0.135. The Morgan fingerprint density at radius 3 is 2.24 bits per heavy atom. The summed E-state index contributed by atoms with van der Waals surface area (Å²) in [5.41, 5.74) is 0. The summed E-state index contributed by atoms with van der Waals surface area (Å²) in [6.45, 7) is 10.8. The highest BCUT2D eigenvalue weighted by molar-refractivity contribution is 7.92. The monoisotopic (exact) mass is 374 g/mol. The zero-order chi connectivity index (χ0) is 19.3. The normalized spacial score (nSPS) is 17.7. The number of piperidine rings is 1. The van der Waals surface area contributed by atoms with Crippen molar-refractivity contribution in [2.75, 3.05) is 32.4 Å². The van der Waals surface area contributed by atoms with Crippen LogP contribution in [0.1, 0.15) is 47.5 Å². The van der Waals surface area contributed by atoms with Crippen LogP contribution in [0.2, 0.25) is 0 Å². The molecule has 1 aliphatic heterocycles. The first-order valence-corrected chi connectivity index (χ1v) is 10.6. The highest BCUT2D eigenvalue weighted by Gasteiger charge is 2.28. The van der Waals surface area contributed by atoms with Gasteiger partial charge in [-0.3, -0.25) is 9.79 Å². The Kier molecular flexibility index (Phi) is 7.71. The standard InChI is InChI=1S/C17H34N4O3S/c1-13(2)15(22)21-10-7-14(8-11-21)20-16(18-6)19-9-12-25(23,24)17(3,4)5/h13-14H,7-12H2,1-6H3,(H2,18,19,20). The number of hydrogen-bond acceptors (Lipinski definition) is 4. The summed E-state index contributed by atoms with van der Waals surface area (Å²) >= 11 is 0. The molecule has 0 aromatic rings. The van der Waals surface area contributed by atoms with Gasteiger partial charge >= 0.3 is 0 Å². The minimum Gasteiger partial charge on any atom is -0.355 e. The molecule has 0 aromatic carbocycles. The minimum absolute atomic E-state index is 0.0312. The van der Waals surface area contributed by atoms with E-state index in [-0.39, 0.29) is 23.6 Å². The van der Waals surface area contributed by atoms with Gasteiger partial charge in [-0.1, -0.05) is 13.8 Å². The Labute approximate surface area is 152 Å². The van der Waals surface area contributed by atoms with Gasteiger partial charge in [0.2, 0.25) is 5.91 Å². The van der Waals surface area contributed by atoms with Crippen LogP contribution in [0.5, 0.6) is 0 Å². The fourth-order valence-electron chi connectivity index (χ4n) is 2.61. The molecular formula is C17H34N4O3S. The molecule has 0 unspecified atom stereocenters. The van der Waals surface area contributed by atoms with E-state index in [0.717, 1.165) is 25.9 Å². The quantitative estimate of drug-likeness (QED) is 0.554. The van der Waals surface area contributed by atoms with E-state index in [1.807, 2.05) is 18.7 Å². The summed E-state index contributed by atoms with van der Waals surface area (Å²) in [4.78, 5) is 18.1. The van der Waals surface area contributed by atoms with Crippen LogP contribution in [0, 0.1) is 5.92 Å². The number of nitrogens with one attached hydrogen (secondary N) is 2. The van der Waals surface area contributed by atoms with Gasteiger partial charge in [0.1, 0.15) is 0 Å². The molecule has 1 fully saturated rings. The molecule has 25 heavy (non-hydrogen) atoms. The molecule has 1 saturated heterocycles. The maximum atomic E-state index is 12.1. The lowest BCUT2D eigenvalue weighted by Gasteiger charge is -2.34. The third kappa shape index (κ3) is 6.49. The van der Waals surface area contributed by atoms with Gasteiger partial charge < -0.3 is 15.5 Å². The van der Waals surface area contributed by atoms with Crippen LogP contribution in [0.25, 0.3) is 0 Å². The van der Waals surface area contributed by atoms with Gasteiger partial charge in [0.05, 0.1) is 10.5 Å². The largest absolute Gasteiger partial charge is 0.355 e. The van der Waals surface area contributed by atoms with Gasteiger partial charge in [0, 0.05) is 38.6 Å². The molecule has 1 rings (SSSR count). The Balaban J connectivity index is 2.42. The summed E-state index contributed by atoms with van der Waals surface area (Å²) in [5, 5.41) is 6.40. The van der Waals surface area contributed by atoms with E-state index < -0.39 is 14.6 Å². The van der Waals surface area contributed by atoms with E-state index in [0.29, 0.717) is 12.5 Å². The summed E-state index contributed by atoms with van der Waals surface area (Å²) < 4.78 is 23.5. The van der Waals surface area contributed by atoms with E-state index >= 15 is 0 Å². The molecule has 146 valence electrons. The molecule has 1 amide bonds. The summed E-state index contributed by atoms with van der Waals surface area (Å²) in [6, 6.07) is 0.238. The molecule has 2 N–H and O–H groups in total. The van der Waals surface area contributed by atoms with Gasteiger partial charge in [-0.2, -0.15) is 0 Å². The second kappa shape index (κ2) is 8.87. The predicted octanol–water partition coefficient (Wildman–Crippen LogP) is 1.01. The predicted molar refractivity (Wildman–Crippen MR) is 102 cm³/mol. The molecule has 1 aliphatic rings. The Morgan fingerprint density at radius 1 is 1.24 bits per heavy atom. The van der Waals surface area contributed by atoms with Crippen LogP contribution in [0.15, 0.2) is 4.99 Å². The summed E-state index contributed by atoms with van der Waals surface area (Å²) in [7, 11) is -1.48. The maximum Gasteiger partial charge on any atom is 0.225 e. The Hall–Kier alpha value is -1.31. The van der Waals surface area contributed by atoms with Crippen molar-refractivity contribution in [2.24, 2.45) is 10.9 Å². The van der Waals surface area contributed by atoms with Crippen molar-refractivity contribution in [1.82, 2.24) is 15.5 Å². The number of rotatable bonds is 5. The topological polar surface area (TPSA) is 90.9 Å². The third-order valence-corrected chi connectivity index (χ3v) is 7.07. The molecule has 1 heterocycles. The maximum absolute atomic E-state index is 12.1. The van der Waals surface area contributed by atoms with Crippen molar-refractivity contribution >= 4 is 21.7 Å². The van der Waals surface area contributed by atoms with Crippen LogP contribution < -0.4 is 10.6 Å². The lowest BCUT2D eigenvalue weighted by Crippen LogP contribution is -2.51. The van der Waals surface area contributed by atoms with Crippen molar-refractivity contribution in [3.63, 3.8) is 0 Å². The zero-order valence-electron chi connectivity index (χ0n) is 16.4. The summed E-state index contributed by atoms with van der Waals surface area (Å²) in [5.74, 6) is 0.910. The van der Waals surface area contributed by atoms with Crippen molar-refractivity contribution in [2.45, 2.75) is 58.2 Å². The number of guanidine groups is 1. The van der Waals surface area contributed by atoms with Crippen molar-refractivity contribution in [1.29, 1.82) is 0 Å². The third-order valence-electron chi connectivity index (χ3n) is 4.46. The fourth-order valence-corrected chi connectivity index (χ4v) is 3.59. The second-order valence-corrected chi connectivity index (χ2v) is 10.7. The smallest absolute Gasteiger partial charge is 0.225 e. The van der Waals surface area contributed by atoms with Gasteiger partial charge in [0.15, 0.2) is 15.8 Å². The molecule has 0 aromatic heterocycles. The van der Waals surface area contributed by atoms with Crippen LogP contribution in [-0.2, 0) is 14.6 Å². The number of likely N-dealkylation sites (tertiary alicyclic amines) is 1. The van der Waals surface area contributed by atoms with E-state index in [1.165, 1.54) is 0 Å². The SMILES string of the molecule is CN=C(NCCS(=O)(=O)C(C)(C)C)NC1CCN(C(=O)C(C)C)CC1. The molecular weight excluding hydrogens is 340 g/mol. The van der Waals surface area contributed by atoms with Crippen molar-refractivity contribution in [3.8, 4) is 0 Å². The molecule has 0 aliphatic carbocycles. The Bertz CT molecular complexity index is 571. The van der Waals surface area contributed by atoms with E-state index in [4.69, 9.17) is 0 Å². The summed E-state index contributed by atoms with van der Waals surface area (Å²) in [6.07, 6.45) is 1.72. The van der Waals surface area contributed by atoms with E-state index in [1.54, 1.807) is 27.8 Å². The number of carbonyl (C=O) groups is 1. The molecule has 0 spiro atoms. The minimum atomic E-state index is -3.15. The number of amides is 1. The highest BCUT2D eigenvalue weighted by Crippen LogP contribution is 2.15. The van der Waals surface area contributed by atoms with Crippen LogP contribution in [0.3, 0.4) is 0 Å². The van der Waals surface area contributed by atoms with Gasteiger partial charge in [-0.15, -0.1) is 0 Å². The van der Waals surface area contributed by atoms with Crippen molar-refractivity contribution in [3.05, 3.63) is 0 Å². The van der Waals surface area contributed by atoms with E-state index in [2.05, 4.69) is 15.6 Å². The fraction of sp³-hybridized carbons (Fsp3) is 0.882. The molecule has 0 radical (unpaired) electrons. The average Bonchev–Trinajstić information content (AvgIpc) is 2.52. The first-order chi connectivity index (χ1) is 11.5. The molecule has 8 heteroatoms. The lowest BCUT2D eigenvalue weighted by atomic mass is 10.0. The average molecular weight is 375 g/mol. The number of aliphatic imine (C=N–C) groups is 1. The van der Waals surface area contributed by atoms with Gasteiger partial charge in [0.25, 0.3) is 0 Å². The zero-order valence-corrected chi connectivity index (χ0v) is 17.2.